The zero-order valence-electron chi connectivity index (χ0n) is 15.0. The summed E-state index contributed by atoms with van der Waals surface area (Å²) >= 11 is 0. The maximum Gasteiger partial charge on any atom is 0.409 e. The first-order chi connectivity index (χ1) is 14.1. The molecule has 1 amide bonds. The number of nitro benzene ring substituents is 2. The highest BCUT2D eigenvalue weighted by Crippen LogP contribution is 2.39. The zero-order valence-corrected chi connectivity index (χ0v) is 15.0. The van der Waals surface area contributed by atoms with Crippen molar-refractivity contribution in [3.05, 3.63) is 68.8 Å². The molecule has 0 unspecified atom stereocenters. The molecule has 0 heterocycles. The van der Waals surface area contributed by atoms with E-state index in [4.69, 9.17) is 5.73 Å². The van der Waals surface area contributed by atoms with Crippen molar-refractivity contribution < 1.29 is 41.0 Å². The molecule has 2 aromatic carbocycles. The minimum absolute atomic E-state index is 0.0641. The van der Waals surface area contributed by atoms with Crippen LogP contribution in [0.5, 0.6) is 0 Å². The summed E-state index contributed by atoms with van der Waals surface area (Å²) in [6.45, 7) is 0. The van der Waals surface area contributed by atoms with Crippen LogP contribution in [0.15, 0.2) is 48.5 Å². The number of carbonyl (C=O) groups is 1. The standard InChI is InChI=1S/C10H6F6N2O3.C6H6N2O2/c11-9(12,13)7(10(14,15)16)8(19)17-5-1-3-6(4-2-5)18(20)21;7-5-1-3-6(4-2-5)8(9)10/h1-4,7H,(H,17,19);1-4H,7H2. The van der Waals surface area contributed by atoms with Crippen LogP contribution in [0.3, 0.4) is 0 Å². The Balaban J connectivity index is 0.000000399. The number of amides is 1. The van der Waals surface area contributed by atoms with E-state index in [1.54, 1.807) is 0 Å². The largest absolute Gasteiger partial charge is 0.409 e. The summed E-state index contributed by atoms with van der Waals surface area (Å²) in [5.74, 6) is -6.50. The molecule has 0 aromatic heterocycles. The normalized spacial score (nSPS) is 11.3. The van der Waals surface area contributed by atoms with Crippen LogP contribution in [0.2, 0.25) is 0 Å². The number of hydrogen-bond acceptors (Lipinski definition) is 6. The predicted molar refractivity (Wildman–Crippen MR) is 94.8 cm³/mol. The molecule has 0 aliphatic rings. The van der Waals surface area contributed by atoms with Gasteiger partial charge in [-0.1, -0.05) is 0 Å². The number of nitrogens with two attached hydrogens (primary N) is 1. The third-order valence-electron chi connectivity index (χ3n) is 3.37. The fourth-order valence-electron chi connectivity index (χ4n) is 1.96. The number of nitro groups is 2. The number of hydrogen-bond donors (Lipinski definition) is 2. The van der Waals surface area contributed by atoms with Crippen molar-refractivity contribution in [1.29, 1.82) is 0 Å². The van der Waals surface area contributed by atoms with Crippen LogP contribution >= 0.6 is 0 Å². The number of carbonyl (C=O) groups excluding carboxylic acids is 1. The molecule has 2 aromatic rings. The molecule has 3 N–H and O–H groups in total. The summed E-state index contributed by atoms with van der Waals surface area (Å²) in [6, 6.07) is 9.03. The quantitative estimate of drug-likeness (QED) is 0.303. The Labute approximate surface area is 168 Å². The molecule has 0 fully saturated rings. The number of alkyl halides is 6. The monoisotopic (exact) mass is 454 g/mol. The third-order valence-corrected chi connectivity index (χ3v) is 3.37. The van der Waals surface area contributed by atoms with E-state index in [0.717, 1.165) is 24.3 Å². The molecule has 0 saturated heterocycles. The second-order valence-electron chi connectivity index (χ2n) is 5.66. The first-order valence-electron chi connectivity index (χ1n) is 7.81. The molecule has 0 aliphatic carbocycles. The van der Waals surface area contributed by atoms with E-state index < -0.39 is 45.4 Å². The molecule has 15 heteroatoms. The van der Waals surface area contributed by atoms with Gasteiger partial charge in [-0.2, -0.15) is 26.3 Å². The maximum absolute atomic E-state index is 12.3. The number of benzene rings is 2. The Bertz CT molecular complexity index is 916. The van der Waals surface area contributed by atoms with Gasteiger partial charge in [0.05, 0.1) is 9.85 Å². The molecule has 9 nitrogen and oxygen atoms in total. The van der Waals surface area contributed by atoms with Crippen molar-refractivity contribution >= 4 is 28.7 Å². The van der Waals surface area contributed by atoms with Crippen molar-refractivity contribution in [3.8, 4) is 0 Å². The van der Waals surface area contributed by atoms with Gasteiger partial charge in [-0.15, -0.1) is 0 Å². The fraction of sp³-hybridized carbons (Fsp3) is 0.188. The molecular weight excluding hydrogens is 442 g/mol. The van der Waals surface area contributed by atoms with E-state index >= 15 is 0 Å². The Morgan fingerprint density at radius 2 is 1.16 bits per heavy atom. The van der Waals surface area contributed by atoms with Crippen LogP contribution in [0.25, 0.3) is 0 Å². The van der Waals surface area contributed by atoms with Gasteiger partial charge in [0, 0.05) is 35.6 Å². The molecule has 2 rings (SSSR count). The minimum atomic E-state index is -5.80. The van der Waals surface area contributed by atoms with Crippen LogP contribution < -0.4 is 11.1 Å². The van der Waals surface area contributed by atoms with Gasteiger partial charge >= 0.3 is 12.4 Å². The lowest BCUT2D eigenvalue weighted by molar-refractivity contribution is -0.385. The van der Waals surface area contributed by atoms with Gasteiger partial charge in [0.25, 0.3) is 11.4 Å². The van der Waals surface area contributed by atoms with E-state index in [2.05, 4.69) is 0 Å². The average molecular weight is 454 g/mol. The summed E-state index contributed by atoms with van der Waals surface area (Å²) in [6.07, 6.45) is -11.6. The summed E-state index contributed by atoms with van der Waals surface area (Å²) < 4.78 is 73.6. The fourth-order valence-corrected chi connectivity index (χ4v) is 1.96. The highest BCUT2D eigenvalue weighted by atomic mass is 19.4. The number of non-ortho nitro benzene ring substituents is 2. The average Bonchev–Trinajstić information content (AvgIpc) is 2.60. The second kappa shape index (κ2) is 9.73. The Morgan fingerprint density at radius 3 is 1.48 bits per heavy atom. The summed E-state index contributed by atoms with van der Waals surface area (Å²) in [7, 11) is 0. The van der Waals surface area contributed by atoms with E-state index in [9.17, 15) is 51.4 Å². The first kappa shape index (κ1) is 25.1. The van der Waals surface area contributed by atoms with E-state index in [1.807, 2.05) is 0 Å². The van der Waals surface area contributed by atoms with Crippen LogP contribution in [-0.4, -0.2) is 28.1 Å². The number of anilines is 2. The van der Waals surface area contributed by atoms with Crippen LogP contribution in [0.4, 0.5) is 49.1 Å². The van der Waals surface area contributed by atoms with Crippen molar-refractivity contribution in [2.24, 2.45) is 5.92 Å². The van der Waals surface area contributed by atoms with Gasteiger partial charge in [0.1, 0.15) is 0 Å². The summed E-state index contributed by atoms with van der Waals surface area (Å²) in [4.78, 5) is 30.3. The summed E-state index contributed by atoms with van der Waals surface area (Å²) in [5.41, 5.74) is 5.04. The molecule has 0 atom stereocenters. The van der Waals surface area contributed by atoms with Crippen molar-refractivity contribution in [2.75, 3.05) is 11.1 Å². The maximum atomic E-state index is 12.3. The number of halogens is 6. The number of rotatable bonds is 4. The van der Waals surface area contributed by atoms with Gasteiger partial charge in [-0.25, -0.2) is 0 Å². The van der Waals surface area contributed by atoms with Crippen molar-refractivity contribution in [1.82, 2.24) is 0 Å². The molecule has 0 aliphatic heterocycles. The lowest BCUT2D eigenvalue weighted by Gasteiger charge is -2.21. The lowest BCUT2D eigenvalue weighted by Crippen LogP contribution is -2.45. The molecule has 0 radical (unpaired) electrons. The number of nitrogens with zero attached hydrogens (tertiary/aromatic N) is 2. The summed E-state index contributed by atoms with van der Waals surface area (Å²) in [5, 5.41) is 21.8. The number of nitrogen functional groups attached to an aromatic ring is 1. The van der Waals surface area contributed by atoms with Crippen LogP contribution in [0, 0.1) is 26.1 Å². The zero-order chi connectivity index (χ0) is 24.0. The van der Waals surface area contributed by atoms with Gasteiger partial charge in [0.15, 0.2) is 0 Å². The SMILES string of the molecule is Nc1ccc([N+](=O)[O-])cc1.O=C(Nc1ccc([N+](=O)[O-])cc1)C(C(F)(F)F)C(F)(F)F. The second-order valence-corrected chi connectivity index (χ2v) is 5.66. The van der Waals surface area contributed by atoms with Gasteiger partial charge in [-0.05, 0) is 24.3 Å². The molecule has 0 bridgehead atoms. The molecule has 168 valence electrons. The van der Waals surface area contributed by atoms with Gasteiger partial charge < -0.3 is 11.1 Å². The first-order valence-corrected chi connectivity index (χ1v) is 7.81. The highest BCUT2D eigenvalue weighted by Gasteiger charge is 2.61. The topological polar surface area (TPSA) is 141 Å². The van der Waals surface area contributed by atoms with E-state index in [-0.39, 0.29) is 5.69 Å². The van der Waals surface area contributed by atoms with E-state index in [0.29, 0.717) is 5.69 Å². The molecule has 31 heavy (non-hydrogen) atoms. The van der Waals surface area contributed by atoms with Crippen molar-refractivity contribution in [2.45, 2.75) is 12.4 Å². The van der Waals surface area contributed by atoms with E-state index in [1.165, 1.54) is 29.6 Å². The Morgan fingerprint density at radius 1 is 0.806 bits per heavy atom. The predicted octanol–water partition coefficient (Wildman–Crippen LogP) is 4.45. The Kier molecular flexibility index (Phi) is 7.88. The number of nitrogens with one attached hydrogen (secondary N) is 1. The third kappa shape index (κ3) is 7.79. The Hall–Kier alpha value is -3.91. The minimum Gasteiger partial charge on any atom is -0.399 e. The van der Waals surface area contributed by atoms with Gasteiger partial charge in [0.2, 0.25) is 11.8 Å². The van der Waals surface area contributed by atoms with Crippen molar-refractivity contribution in [3.63, 3.8) is 0 Å². The molecule has 0 saturated carbocycles. The van der Waals surface area contributed by atoms with Gasteiger partial charge in [-0.3, -0.25) is 25.0 Å². The lowest BCUT2D eigenvalue weighted by atomic mass is 10.1. The highest BCUT2D eigenvalue weighted by molar-refractivity contribution is 5.93. The smallest absolute Gasteiger partial charge is 0.399 e. The van der Waals surface area contributed by atoms with Crippen LogP contribution in [0.1, 0.15) is 0 Å². The molecule has 0 spiro atoms. The van der Waals surface area contributed by atoms with Crippen LogP contribution in [-0.2, 0) is 4.79 Å². The molecular formula is C16H12F6N4O5.